The minimum Gasteiger partial charge on any atom is -0.490 e. The Labute approximate surface area is 168 Å². The van der Waals surface area contributed by atoms with Gasteiger partial charge in [0.2, 0.25) is 0 Å². The van der Waals surface area contributed by atoms with Crippen LogP contribution < -0.4 is 14.8 Å². The van der Waals surface area contributed by atoms with Crippen molar-refractivity contribution in [2.45, 2.75) is 39.5 Å². The lowest BCUT2D eigenvalue weighted by Crippen LogP contribution is -2.31. The number of ether oxygens (including phenoxy) is 2. The van der Waals surface area contributed by atoms with Gasteiger partial charge in [-0.2, -0.15) is 0 Å². The summed E-state index contributed by atoms with van der Waals surface area (Å²) in [6, 6.07) is 11.7. The molecule has 0 aliphatic rings. The Morgan fingerprint density at radius 2 is 1.96 bits per heavy atom. The van der Waals surface area contributed by atoms with Gasteiger partial charge in [0, 0.05) is 17.6 Å². The van der Waals surface area contributed by atoms with Gasteiger partial charge in [0.15, 0.2) is 11.5 Å². The maximum atomic E-state index is 9.31. The predicted octanol–water partition coefficient (Wildman–Crippen LogP) is 4.94. The van der Waals surface area contributed by atoms with Crippen LogP contribution in [0.2, 0.25) is 5.02 Å². The SMILES string of the molecule is CCOc1cc(CNC(CC)CO)cc(Br)c1OCc1cccc(Cl)c1. The van der Waals surface area contributed by atoms with E-state index >= 15 is 0 Å². The molecule has 0 bridgehead atoms. The van der Waals surface area contributed by atoms with Crippen molar-refractivity contribution >= 4 is 27.5 Å². The summed E-state index contributed by atoms with van der Waals surface area (Å²) in [6.45, 7) is 5.70. The fourth-order valence-electron chi connectivity index (χ4n) is 2.51. The van der Waals surface area contributed by atoms with E-state index in [1.54, 1.807) is 0 Å². The molecule has 1 unspecified atom stereocenters. The second kappa shape index (κ2) is 10.8. The Bertz CT molecular complexity index is 707. The molecule has 142 valence electrons. The van der Waals surface area contributed by atoms with Crippen molar-refractivity contribution in [3.8, 4) is 11.5 Å². The molecule has 26 heavy (non-hydrogen) atoms. The standard InChI is InChI=1S/C20H25BrClNO3/c1-3-17(12-24)23-11-15-9-18(21)20(19(10-15)25-4-2)26-13-14-6-5-7-16(22)8-14/h5-10,17,23-24H,3-4,11-13H2,1-2H3. The number of rotatable bonds is 10. The highest BCUT2D eigenvalue weighted by atomic mass is 79.9. The summed E-state index contributed by atoms with van der Waals surface area (Å²) in [4.78, 5) is 0. The first-order valence-electron chi connectivity index (χ1n) is 8.74. The molecule has 2 N–H and O–H groups in total. The van der Waals surface area contributed by atoms with Crippen LogP contribution in [0.5, 0.6) is 11.5 Å². The molecule has 0 aromatic heterocycles. The van der Waals surface area contributed by atoms with Crippen LogP contribution in [0.25, 0.3) is 0 Å². The first-order chi connectivity index (χ1) is 12.6. The molecular weight excluding hydrogens is 418 g/mol. The number of aliphatic hydroxyl groups is 1. The van der Waals surface area contributed by atoms with E-state index in [0.29, 0.717) is 36.3 Å². The highest BCUT2D eigenvalue weighted by Crippen LogP contribution is 2.37. The molecule has 0 saturated carbocycles. The number of halogens is 2. The summed E-state index contributed by atoms with van der Waals surface area (Å²) in [5.41, 5.74) is 2.05. The molecule has 2 aromatic carbocycles. The third-order valence-electron chi connectivity index (χ3n) is 3.95. The van der Waals surface area contributed by atoms with Gasteiger partial charge in [-0.3, -0.25) is 0 Å². The van der Waals surface area contributed by atoms with Gasteiger partial charge in [0.25, 0.3) is 0 Å². The summed E-state index contributed by atoms with van der Waals surface area (Å²) < 4.78 is 12.6. The highest BCUT2D eigenvalue weighted by Gasteiger charge is 2.13. The average Bonchev–Trinajstić information content (AvgIpc) is 2.62. The lowest BCUT2D eigenvalue weighted by atomic mass is 10.1. The first-order valence-corrected chi connectivity index (χ1v) is 9.91. The quantitative estimate of drug-likeness (QED) is 0.547. The van der Waals surface area contributed by atoms with E-state index in [2.05, 4.69) is 21.2 Å². The van der Waals surface area contributed by atoms with Crippen molar-refractivity contribution in [2.75, 3.05) is 13.2 Å². The van der Waals surface area contributed by atoms with Gasteiger partial charge in [-0.1, -0.05) is 30.7 Å². The van der Waals surface area contributed by atoms with Crippen LogP contribution in [-0.2, 0) is 13.2 Å². The summed E-state index contributed by atoms with van der Waals surface area (Å²) in [7, 11) is 0. The third kappa shape index (κ3) is 6.16. The van der Waals surface area contributed by atoms with Crippen molar-refractivity contribution in [3.63, 3.8) is 0 Å². The molecule has 1 atom stereocenters. The molecule has 0 spiro atoms. The molecule has 6 heteroatoms. The van der Waals surface area contributed by atoms with Crippen molar-refractivity contribution in [3.05, 3.63) is 57.0 Å². The van der Waals surface area contributed by atoms with E-state index in [1.165, 1.54) is 0 Å². The van der Waals surface area contributed by atoms with Crippen LogP contribution in [0.1, 0.15) is 31.4 Å². The first kappa shape index (κ1) is 21.0. The van der Waals surface area contributed by atoms with Gasteiger partial charge in [-0.15, -0.1) is 0 Å². The molecule has 0 saturated heterocycles. The minimum absolute atomic E-state index is 0.0862. The molecular formula is C20H25BrClNO3. The second-order valence-electron chi connectivity index (χ2n) is 5.93. The van der Waals surface area contributed by atoms with Gasteiger partial charge in [-0.25, -0.2) is 0 Å². The molecule has 0 aliphatic carbocycles. The van der Waals surface area contributed by atoms with Gasteiger partial charge < -0.3 is 19.9 Å². The Balaban J connectivity index is 2.14. The molecule has 0 radical (unpaired) electrons. The van der Waals surface area contributed by atoms with E-state index in [1.807, 2.05) is 50.2 Å². The van der Waals surface area contributed by atoms with Gasteiger partial charge in [0.05, 0.1) is 17.7 Å². The van der Waals surface area contributed by atoms with Gasteiger partial charge in [-0.05, 0) is 64.7 Å². The molecule has 2 rings (SSSR count). The Hall–Kier alpha value is -1.27. The van der Waals surface area contributed by atoms with Crippen LogP contribution in [0.15, 0.2) is 40.9 Å². The fraction of sp³-hybridized carbons (Fsp3) is 0.400. The largest absolute Gasteiger partial charge is 0.490 e. The maximum absolute atomic E-state index is 9.31. The number of nitrogens with one attached hydrogen (secondary N) is 1. The molecule has 4 nitrogen and oxygen atoms in total. The molecule has 0 fully saturated rings. The molecule has 0 heterocycles. The van der Waals surface area contributed by atoms with Crippen LogP contribution in [0, 0.1) is 0 Å². The number of benzene rings is 2. The van der Waals surface area contributed by atoms with Gasteiger partial charge >= 0.3 is 0 Å². The zero-order valence-corrected chi connectivity index (χ0v) is 17.4. The van der Waals surface area contributed by atoms with Crippen LogP contribution in [0.3, 0.4) is 0 Å². The Morgan fingerprint density at radius 3 is 2.62 bits per heavy atom. The molecule has 2 aromatic rings. The lowest BCUT2D eigenvalue weighted by molar-refractivity contribution is 0.238. The van der Waals surface area contributed by atoms with Crippen LogP contribution >= 0.6 is 27.5 Å². The van der Waals surface area contributed by atoms with E-state index < -0.39 is 0 Å². The maximum Gasteiger partial charge on any atom is 0.175 e. The van der Waals surface area contributed by atoms with Crippen LogP contribution in [-0.4, -0.2) is 24.4 Å². The summed E-state index contributed by atoms with van der Waals surface area (Å²) >= 11 is 9.62. The van der Waals surface area contributed by atoms with E-state index in [9.17, 15) is 5.11 Å². The molecule has 0 amide bonds. The number of aliphatic hydroxyl groups excluding tert-OH is 1. The van der Waals surface area contributed by atoms with E-state index in [0.717, 1.165) is 22.0 Å². The monoisotopic (exact) mass is 441 g/mol. The predicted molar refractivity (Wildman–Crippen MR) is 109 cm³/mol. The highest BCUT2D eigenvalue weighted by molar-refractivity contribution is 9.10. The Morgan fingerprint density at radius 1 is 1.15 bits per heavy atom. The lowest BCUT2D eigenvalue weighted by Gasteiger charge is -2.18. The number of hydrogen-bond donors (Lipinski definition) is 2. The van der Waals surface area contributed by atoms with Crippen molar-refractivity contribution in [2.24, 2.45) is 0 Å². The Kier molecular flexibility index (Phi) is 8.72. The second-order valence-corrected chi connectivity index (χ2v) is 7.22. The van der Waals surface area contributed by atoms with Crippen molar-refractivity contribution < 1.29 is 14.6 Å². The smallest absolute Gasteiger partial charge is 0.175 e. The number of hydrogen-bond acceptors (Lipinski definition) is 4. The fourth-order valence-corrected chi connectivity index (χ4v) is 3.33. The van der Waals surface area contributed by atoms with Gasteiger partial charge in [0.1, 0.15) is 6.61 Å². The van der Waals surface area contributed by atoms with Crippen molar-refractivity contribution in [1.82, 2.24) is 5.32 Å². The third-order valence-corrected chi connectivity index (χ3v) is 4.77. The molecule has 0 aliphatic heterocycles. The summed E-state index contributed by atoms with van der Waals surface area (Å²) in [6.07, 6.45) is 0.872. The topological polar surface area (TPSA) is 50.7 Å². The van der Waals surface area contributed by atoms with Crippen molar-refractivity contribution in [1.29, 1.82) is 0 Å². The normalized spacial score (nSPS) is 12.0. The average molecular weight is 443 g/mol. The zero-order valence-electron chi connectivity index (χ0n) is 15.1. The van der Waals surface area contributed by atoms with E-state index in [-0.39, 0.29) is 12.6 Å². The van der Waals surface area contributed by atoms with Crippen LogP contribution in [0.4, 0.5) is 0 Å². The van der Waals surface area contributed by atoms with E-state index in [4.69, 9.17) is 21.1 Å². The summed E-state index contributed by atoms with van der Waals surface area (Å²) in [5.74, 6) is 1.36. The zero-order chi connectivity index (χ0) is 18.9. The summed E-state index contributed by atoms with van der Waals surface area (Å²) in [5, 5.41) is 13.3. The minimum atomic E-state index is 0.0862.